The third-order valence-electron chi connectivity index (χ3n) is 6.99. The van der Waals surface area contributed by atoms with Crippen LogP contribution in [0.1, 0.15) is 74.9 Å². The zero-order valence-corrected chi connectivity index (χ0v) is 21.2. The summed E-state index contributed by atoms with van der Waals surface area (Å²) in [5.41, 5.74) is 0.532. The number of benzene rings is 1. The molecule has 0 radical (unpaired) electrons. The third kappa shape index (κ3) is 6.56. The molecule has 1 saturated carbocycles. The van der Waals surface area contributed by atoms with Gasteiger partial charge in [0, 0.05) is 5.56 Å². The molecule has 0 bridgehead atoms. The Morgan fingerprint density at radius 1 is 1.14 bits per heavy atom. The molecule has 4 N–H and O–H groups in total. The van der Waals surface area contributed by atoms with Crippen LogP contribution < -0.4 is 10.6 Å². The van der Waals surface area contributed by atoms with Crippen LogP contribution in [-0.2, 0) is 19.8 Å². The summed E-state index contributed by atoms with van der Waals surface area (Å²) < 4.78 is 5.70. The Bertz CT molecular complexity index is 1110. The van der Waals surface area contributed by atoms with Crippen LogP contribution in [-0.4, -0.2) is 52.3 Å². The van der Waals surface area contributed by atoms with Gasteiger partial charge in [0.05, 0.1) is 24.0 Å². The number of unbranched alkanes of at least 4 members (excludes halogenated alkanes) is 2. The molecular weight excluding hydrogens is 478 g/mol. The summed E-state index contributed by atoms with van der Waals surface area (Å²) in [4.78, 5) is 48.2. The topological polar surface area (TPSA) is 149 Å². The number of furan rings is 1. The Morgan fingerprint density at radius 3 is 2.51 bits per heavy atom. The number of amides is 3. The first-order chi connectivity index (χ1) is 17.8. The van der Waals surface area contributed by atoms with Gasteiger partial charge in [0.15, 0.2) is 5.76 Å². The van der Waals surface area contributed by atoms with Crippen LogP contribution in [0.15, 0.2) is 40.8 Å². The number of carbonyl (C=O) groups is 4. The second kappa shape index (κ2) is 12.5. The number of carboxylic acids is 1. The van der Waals surface area contributed by atoms with Crippen molar-refractivity contribution in [3.05, 3.63) is 47.7 Å². The van der Waals surface area contributed by atoms with Crippen molar-refractivity contribution in [2.75, 3.05) is 6.67 Å². The number of hydroxylamine groups is 2. The minimum absolute atomic E-state index is 0.0439. The summed E-state index contributed by atoms with van der Waals surface area (Å²) in [6, 6.07) is 9.60. The SMILES string of the molecule is CCCCCC(C(=O)NCNC(=O)c1ccc(-c2cccc(C3(C(=O)O)CC3)c2)o1)[C@@H](CC)N(O)C=O. The van der Waals surface area contributed by atoms with Crippen molar-refractivity contribution in [1.29, 1.82) is 0 Å². The smallest absolute Gasteiger partial charge is 0.314 e. The van der Waals surface area contributed by atoms with Crippen molar-refractivity contribution < 1.29 is 33.9 Å². The summed E-state index contributed by atoms with van der Waals surface area (Å²) in [5, 5.41) is 25.3. The zero-order chi connectivity index (χ0) is 27.0. The van der Waals surface area contributed by atoms with E-state index in [-0.39, 0.29) is 18.3 Å². The number of hydrogen-bond donors (Lipinski definition) is 4. The van der Waals surface area contributed by atoms with Crippen LogP contribution in [0.3, 0.4) is 0 Å². The van der Waals surface area contributed by atoms with Gasteiger partial charge in [-0.25, -0.2) is 5.06 Å². The number of aliphatic carboxylic acids is 1. The molecule has 10 nitrogen and oxygen atoms in total. The molecule has 0 spiro atoms. The summed E-state index contributed by atoms with van der Waals surface area (Å²) in [5.74, 6) is -1.89. The predicted molar refractivity (Wildman–Crippen MR) is 135 cm³/mol. The molecule has 1 aliphatic rings. The molecule has 0 aliphatic heterocycles. The molecule has 3 amide bonds. The van der Waals surface area contributed by atoms with Gasteiger partial charge in [-0.3, -0.25) is 24.4 Å². The van der Waals surface area contributed by atoms with Crippen molar-refractivity contribution in [2.45, 2.75) is 70.3 Å². The Kier molecular flexibility index (Phi) is 9.46. The number of carbonyl (C=O) groups excluding carboxylic acids is 3. The molecule has 37 heavy (non-hydrogen) atoms. The highest BCUT2D eigenvalue weighted by Crippen LogP contribution is 2.49. The number of carboxylic acid groups (broad SMARTS) is 1. The van der Waals surface area contributed by atoms with Gasteiger partial charge in [-0.05, 0) is 49.4 Å². The highest BCUT2D eigenvalue weighted by atomic mass is 16.5. The lowest BCUT2D eigenvalue weighted by Gasteiger charge is -2.29. The van der Waals surface area contributed by atoms with Gasteiger partial charge >= 0.3 is 5.97 Å². The van der Waals surface area contributed by atoms with Crippen LogP contribution in [0.4, 0.5) is 0 Å². The van der Waals surface area contributed by atoms with E-state index in [1.54, 1.807) is 37.3 Å². The van der Waals surface area contributed by atoms with Crippen LogP contribution in [0.25, 0.3) is 11.3 Å². The van der Waals surface area contributed by atoms with Gasteiger partial charge in [0.25, 0.3) is 5.91 Å². The third-order valence-corrected chi connectivity index (χ3v) is 6.99. The first-order valence-corrected chi connectivity index (χ1v) is 12.7. The van der Waals surface area contributed by atoms with Crippen LogP contribution in [0, 0.1) is 5.92 Å². The fraction of sp³-hybridized carbons (Fsp3) is 0.481. The van der Waals surface area contributed by atoms with Crippen LogP contribution in [0.5, 0.6) is 0 Å². The molecule has 1 fully saturated rings. The second-order valence-corrected chi connectivity index (χ2v) is 9.42. The summed E-state index contributed by atoms with van der Waals surface area (Å²) in [6.45, 7) is 3.68. The fourth-order valence-corrected chi connectivity index (χ4v) is 4.61. The highest BCUT2D eigenvalue weighted by Gasteiger charge is 2.51. The van der Waals surface area contributed by atoms with E-state index in [0.717, 1.165) is 19.3 Å². The Labute approximate surface area is 216 Å². The first kappa shape index (κ1) is 27.9. The van der Waals surface area contributed by atoms with Gasteiger partial charge in [0.2, 0.25) is 12.3 Å². The maximum Gasteiger partial charge on any atom is 0.314 e. The lowest BCUT2D eigenvalue weighted by Crippen LogP contribution is -2.47. The Balaban J connectivity index is 1.60. The summed E-state index contributed by atoms with van der Waals surface area (Å²) in [6.07, 6.45) is 5.04. The molecule has 3 rings (SSSR count). The molecule has 200 valence electrons. The molecule has 1 aliphatic carbocycles. The predicted octanol–water partition coefficient (Wildman–Crippen LogP) is 3.69. The van der Waals surface area contributed by atoms with E-state index in [4.69, 9.17) is 4.42 Å². The van der Waals surface area contributed by atoms with E-state index in [2.05, 4.69) is 10.6 Å². The number of rotatable bonds is 15. The normalized spacial score (nSPS) is 15.3. The molecule has 2 aromatic rings. The largest absolute Gasteiger partial charge is 0.481 e. The van der Waals surface area contributed by atoms with Crippen molar-refractivity contribution in [3.8, 4) is 11.3 Å². The van der Waals surface area contributed by atoms with E-state index in [1.165, 1.54) is 6.07 Å². The molecule has 1 aromatic heterocycles. The van der Waals surface area contributed by atoms with E-state index in [0.29, 0.717) is 54.0 Å². The second-order valence-electron chi connectivity index (χ2n) is 9.42. The van der Waals surface area contributed by atoms with E-state index >= 15 is 0 Å². The minimum Gasteiger partial charge on any atom is -0.481 e. The van der Waals surface area contributed by atoms with E-state index in [1.807, 2.05) is 6.92 Å². The minimum atomic E-state index is -0.845. The lowest BCUT2D eigenvalue weighted by atomic mass is 9.90. The average Bonchev–Trinajstić information content (AvgIpc) is 3.58. The Hall–Kier alpha value is -3.66. The van der Waals surface area contributed by atoms with E-state index < -0.39 is 29.3 Å². The monoisotopic (exact) mass is 513 g/mol. The van der Waals surface area contributed by atoms with Gasteiger partial charge in [0.1, 0.15) is 5.76 Å². The average molecular weight is 514 g/mol. The number of nitrogens with one attached hydrogen (secondary N) is 2. The molecular formula is C27H35N3O7. The molecule has 2 atom stereocenters. The van der Waals surface area contributed by atoms with Crippen molar-refractivity contribution >= 4 is 24.2 Å². The molecule has 1 unspecified atom stereocenters. The standard InChI is InChI=1S/C27H35N3O7/c1-3-5-6-10-20(21(4-2)30(36)17-31)24(32)28-16-29-25(33)23-12-11-22(37-23)18-8-7-9-19(15-18)27(13-14-27)26(34)35/h7-9,11-12,15,17,20-21,36H,3-6,10,13-14,16H2,1-2H3,(H,28,32)(H,29,33)(H,34,35)/t20?,21-/m1/s1. The Morgan fingerprint density at radius 2 is 1.89 bits per heavy atom. The van der Waals surface area contributed by atoms with E-state index in [9.17, 15) is 29.5 Å². The number of hydrogen-bond acceptors (Lipinski definition) is 6. The quantitative estimate of drug-likeness (QED) is 0.0933. The molecule has 10 heteroatoms. The van der Waals surface area contributed by atoms with Crippen LogP contribution >= 0.6 is 0 Å². The van der Waals surface area contributed by atoms with Gasteiger partial charge in [-0.15, -0.1) is 0 Å². The van der Waals surface area contributed by atoms with Gasteiger partial charge in [-0.1, -0.05) is 51.3 Å². The van der Waals surface area contributed by atoms with Gasteiger partial charge < -0.3 is 20.2 Å². The molecule has 1 heterocycles. The lowest BCUT2D eigenvalue weighted by molar-refractivity contribution is -0.168. The fourth-order valence-electron chi connectivity index (χ4n) is 4.61. The highest BCUT2D eigenvalue weighted by molar-refractivity contribution is 5.92. The van der Waals surface area contributed by atoms with Crippen molar-refractivity contribution in [1.82, 2.24) is 15.7 Å². The van der Waals surface area contributed by atoms with Crippen molar-refractivity contribution in [3.63, 3.8) is 0 Å². The molecule has 1 aromatic carbocycles. The van der Waals surface area contributed by atoms with Crippen LogP contribution in [0.2, 0.25) is 0 Å². The summed E-state index contributed by atoms with van der Waals surface area (Å²) >= 11 is 0. The zero-order valence-electron chi connectivity index (χ0n) is 21.2. The van der Waals surface area contributed by atoms with Gasteiger partial charge in [-0.2, -0.15) is 0 Å². The summed E-state index contributed by atoms with van der Waals surface area (Å²) in [7, 11) is 0. The number of nitrogens with zero attached hydrogens (tertiary/aromatic N) is 1. The maximum absolute atomic E-state index is 12.8. The van der Waals surface area contributed by atoms with Crippen molar-refractivity contribution in [2.24, 2.45) is 5.92 Å². The maximum atomic E-state index is 12.8. The first-order valence-electron chi connectivity index (χ1n) is 12.7. The molecule has 0 saturated heterocycles.